The molecule has 1 aliphatic rings. The zero-order valence-corrected chi connectivity index (χ0v) is 10.2. The number of carbonyl (C=O) groups excluding carboxylic acids is 1. The molecule has 1 aliphatic carbocycles. The molecule has 92 valence electrons. The van der Waals surface area contributed by atoms with Crippen LogP contribution in [-0.2, 0) is 9.59 Å². The van der Waals surface area contributed by atoms with Crippen LogP contribution in [0.3, 0.4) is 0 Å². The molecule has 1 N–H and O–H groups in total. The number of carbonyl (C=O) groups is 2. The lowest BCUT2D eigenvalue weighted by Gasteiger charge is -2.37. The van der Waals surface area contributed by atoms with Crippen LogP contribution in [0.15, 0.2) is 0 Å². The van der Waals surface area contributed by atoms with Crippen LogP contribution >= 0.6 is 0 Å². The first-order valence-corrected chi connectivity index (χ1v) is 5.99. The van der Waals surface area contributed by atoms with Gasteiger partial charge in [0.25, 0.3) is 0 Å². The lowest BCUT2D eigenvalue weighted by Crippen LogP contribution is -2.44. The van der Waals surface area contributed by atoms with E-state index in [0.29, 0.717) is 0 Å². The van der Waals surface area contributed by atoms with Gasteiger partial charge in [-0.25, -0.2) is 0 Å². The molecule has 0 aromatic carbocycles. The van der Waals surface area contributed by atoms with Gasteiger partial charge in [-0.15, -0.1) is 0 Å². The molecule has 0 radical (unpaired) electrons. The zero-order valence-electron chi connectivity index (χ0n) is 10.2. The van der Waals surface area contributed by atoms with E-state index in [0.717, 1.165) is 32.1 Å². The third kappa shape index (κ3) is 2.74. The summed E-state index contributed by atoms with van der Waals surface area (Å²) in [7, 11) is 1.59. The summed E-state index contributed by atoms with van der Waals surface area (Å²) in [5, 5.41) is 8.69. The smallest absolute Gasteiger partial charge is 0.323 e. The number of likely N-dealkylation sites (N-methyl/N-ethyl adjacent to an activating group) is 1. The maximum Gasteiger partial charge on any atom is 0.323 e. The second-order valence-corrected chi connectivity index (χ2v) is 4.75. The van der Waals surface area contributed by atoms with E-state index < -0.39 is 5.97 Å². The molecule has 4 heteroatoms. The van der Waals surface area contributed by atoms with Crippen molar-refractivity contribution in [3.05, 3.63) is 0 Å². The Morgan fingerprint density at radius 1 is 1.25 bits per heavy atom. The minimum atomic E-state index is -0.946. The van der Waals surface area contributed by atoms with Gasteiger partial charge in [-0.2, -0.15) is 0 Å². The third-order valence-electron chi connectivity index (χ3n) is 3.66. The van der Waals surface area contributed by atoms with Crippen molar-refractivity contribution in [2.45, 2.75) is 45.4 Å². The molecule has 0 aliphatic heterocycles. The van der Waals surface area contributed by atoms with E-state index in [1.165, 1.54) is 11.3 Å². The van der Waals surface area contributed by atoms with Crippen LogP contribution in [0.25, 0.3) is 0 Å². The highest BCUT2D eigenvalue weighted by atomic mass is 16.4. The molecule has 0 aromatic heterocycles. The molecule has 1 fully saturated rings. The fourth-order valence-electron chi connectivity index (χ4n) is 2.63. The highest BCUT2D eigenvalue weighted by molar-refractivity contribution is 5.85. The molecule has 0 spiro atoms. The van der Waals surface area contributed by atoms with Crippen LogP contribution in [-0.4, -0.2) is 35.5 Å². The van der Waals surface area contributed by atoms with Crippen molar-refractivity contribution >= 4 is 11.9 Å². The van der Waals surface area contributed by atoms with E-state index in [1.54, 1.807) is 7.05 Å². The fourth-order valence-corrected chi connectivity index (χ4v) is 2.63. The van der Waals surface area contributed by atoms with Crippen molar-refractivity contribution < 1.29 is 14.7 Å². The summed E-state index contributed by atoms with van der Waals surface area (Å²) in [6, 6.07) is 0. The van der Waals surface area contributed by atoms with E-state index in [9.17, 15) is 9.59 Å². The lowest BCUT2D eigenvalue weighted by atomic mass is 9.71. The molecule has 1 amide bonds. The number of hydrogen-bond acceptors (Lipinski definition) is 2. The summed E-state index contributed by atoms with van der Waals surface area (Å²) >= 11 is 0. The molecule has 0 heterocycles. The van der Waals surface area contributed by atoms with Crippen molar-refractivity contribution in [3.8, 4) is 0 Å². The van der Waals surface area contributed by atoms with Crippen LogP contribution in [0.1, 0.15) is 45.4 Å². The molecule has 4 nitrogen and oxygen atoms in total. The molecule has 1 rings (SSSR count). The topological polar surface area (TPSA) is 57.6 Å². The van der Waals surface area contributed by atoms with Gasteiger partial charge in [0, 0.05) is 12.5 Å². The van der Waals surface area contributed by atoms with Gasteiger partial charge in [-0.1, -0.05) is 26.2 Å². The Balaban J connectivity index is 2.71. The van der Waals surface area contributed by atoms with Gasteiger partial charge in [0.1, 0.15) is 6.54 Å². The summed E-state index contributed by atoms with van der Waals surface area (Å²) in [6.07, 6.45) is 5.99. The van der Waals surface area contributed by atoms with E-state index in [1.807, 2.05) is 6.92 Å². The molecule has 1 saturated carbocycles. The quantitative estimate of drug-likeness (QED) is 0.798. The molecular weight excluding hydrogens is 206 g/mol. The Hall–Kier alpha value is -1.06. The predicted molar refractivity (Wildman–Crippen MR) is 61.1 cm³/mol. The molecule has 16 heavy (non-hydrogen) atoms. The first-order valence-electron chi connectivity index (χ1n) is 5.99. The Labute approximate surface area is 96.6 Å². The summed E-state index contributed by atoms with van der Waals surface area (Å²) in [6.45, 7) is 1.83. The average Bonchev–Trinajstić information content (AvgIpc) is 2.28. The fraction of sp³-hybridized carbons (Fsp3) is 0.833. The average molecular weight is 227 g/mol. The van der Waals surface area contributed by atoms with Crippen LogP contribution in [0.5, 0.6) is 0 Å². The van der Waals surface area contributed by atoms with Crippen molar-refractivity contribution in [1.82, 2.24) is 4.90 Å². The Morgan fingerprint density at radius 2 is 1.81 bits per heavy atom. The monoisotopic (exact) mass is 227 g/mol. The highest BCUT2D eigenvalue weighted by Crippen LogP contribution is 2.40. The Morgan fingerprint density at radius 3 is 2.25 bits per heavy atom. The van der Waals surface area contributed by atoms with Gasteiger partial charge in [-0.3, -0.25) is 9.59 Å². The molecule has 0 bridgehead atoms. The molecule has 0 saturated heterocycles. The second-order valence-electron chi connectivity index (χ2n) is 4.75. The number of aliphatic carboxylic acids is 1. The van der Waals surface area contributed by atoms with Crippen LogP contribution in [0, 0.1) is 5.41 Å². The standard InChI is InChI=1S/C12H21NO3/c1-3-12(7-5-4-6-8-12)11(16)13(2)9-10(14)15/h3-9H2,1-2H3,(H,14,15). The van der Waals surface area contributed by atoms with Gasteiger partial charge in [0.15, 0.2) is 0 Å². The number of nitrogens with zero attached hydrogens (tertiary/aromatic N) is 1. The minimum Gasteiger partial charge on any atom is -0.480 e. The zero-order chi connectivity index (χ0) is 12.2. The van der Waals surface area contributed by atoms with Crippen molar-refractivity contribution in [2.75, 3.05) is 13.6 Å². The number of rotatable bonds is 4. The summed E-state index contributed by atoms with van der Waals surface area (Å²) in [5.41, 5.74) is -0.289. The number of carboxylic acids is 1. The summed E-state index contributed by atoms with van der Waals surface area (Å²) in [5.74, 6) is -0.935. The van der Waals surface area contributed by atoms with Crippen LogP contribution < -0.4 is 0 Å². The van der Waals surface area contributed by atoms with Gasteiger partial charge in [0.2, 0.25) is 5.91 Å². The van der Waals surface area contributed by atoms with Crippen molar-refractivity contribution in [1.29, 1.82) is 0 Å². The predicted octanol–water partition coefficient (Wildman–Crippen LogP) is 1.89. The number of amides is 1. The van der Waals surface area contributed by atoms with E-state index >= 15 is 0 Å². The van der Waals surface area contributed by atoms with Gasteiger partial charge < -0.3 is 10.0 Å². The maximum absolute atomic E-state index is 12.2. The van der Waals surface area contributed by atoms with Crippen LogP contribution in [0.2, 0.25) is 0 Å². The number of hydrogen-bond donors (Lipinski definition) is 1. The SMILES string of the molecule is CCC1(C(=O)N(C)CC(=O)O)CCCCC1. The van der Waals surface area contributed by atoms with Gasteiger partial charge in [0.05, 0.1) is 0 Å². The van der Waals surface area contributed by atoms with Crippen LogP contribution in [0.4, 0.5) is 0 Å². The summed E-state index contributed by atoms with van der Waals surface area (Å²) < 4.78 is 0. The minimum absolute atomic E-state index is 0.0112. The largest absolute Gasteiger partial charge is 0.480 e. The Bertz CT molecular complexity index is 269. The third-order valence-corrected chi connectivity index (χ3v) is 3.66. The van der Waals surface area contributed by atoms with E-state index in [2.05, 4.69) is 0 Å². The normalized spacial score (nSPS) is 19.1. The number of carboxylic acid groups (broad SMARTS) is 1. The first kappa shape index (κ1) is 13.0. The van der Waals surface area contributed by atoms with Crippen molar-refractivity contribution in [2.24, 2.45) is 5.41 Å². The first-order chi connectivity index (χ1) is 7.52. The summed E-state index contributed by atoms with van der Waals surface area (Å²) in [4.78, 5) is 24.2. The molecular formula is C12H21NO3. The molecule has 0 aromatic rings. The van der Waals surface area contributed by atoms with Crippen molar-refractivity contribution in [3.63, 3.8) is 0 Å². The van der Waals surface area contributed by atoms with E-state index in [4.69, 9.17) is 5.11 Å². The maximum atomic E-state index is 12.2. The second kappa shape index (κ2) is 5.32. The lowest BCUT2D eigenvalue weighted by molar-refractivity contribution is -0.150. The highest BCUT2D eigenvalue weighted by Gasteiger charge is 2.39. The molecule has 0 atom stereocenters. The van der Waals surface area contributed by atoms with Gasteiger partial charge in [-0.05, 0) is 19.3 Å². The van der Waals surface area contributed by atoms with Gasteiger partial charge >= 0.3 is 5.97 Å². The Kier molecular flexibility index (Phi) is 4.33. The van der Waals surface area contributed by atoms with E-state index in [-0.39, 0.29) is 17.9 Å². The molecule has 0 unspecified atom stereocenters.